The zero-order valence-corrected chi connectivity index (χ0v) is 9.50. The Morgan fingerprint density at radius 2 is 2.24 bits per heavy atom. The third kappa shape index (κ3) is 2.85. The summed E-state index contributed by atoms with van der Waals surface area (Å²) < 4.78 is 17.7. The van der Waals surface area contributed by atoms with Gasteiger partial charge in [-0.15, -0.1) is 0 Å². The van der Waals surface area contributed by atoms with Gasteiger partial charge in [0.05, 0.1) is 11.8 Å². The predicted octanol–water partition coefficient (Wildman–Crippen LogP) is 3.00. The lowest BCUT2D eigenvalue weighted by Crippen LogP contribution is -2.22. The maximum Gasteiger partial charge on any atom is 0.256 e. The highest BCUT2D eigenvalue weighted by Gasteiger charge is 2.12. The van der Waals surface area contributed by atoms with Crippen molar-refractivity contribution < 1.29 is 13.6 Å². The summed E-state index contributed by atoms with van der Waals surface area (Å²) in [5.41, 5.74) is 0.945. The van der Waals surface area contributed by atoms with Gasteiger partial charge in [0.1, 0.15) is 5.82 Å². The van der Waals surface area contributed by atoms with Crippen LogP contribution < -0.4 is 5.32 Å². The minimum atomic E-state index is -0.354. The molecular formula is C12H9ClFNO2. The summed E-state index contributed by atoms with van der Waals surface area (Å²) in [4.78, 5) is 11.6. The van der Waals surface area contributed by atoms with Crippen LogP contribution in [0, 0.1) is 5.82 Å². The van der Waals surface area contributed by atoms with E-state index in [9.17, 15) is 9.18 Å². The fraction of sp³-hybridized carbons (Fsp3) is 0.0833. The molecule has 5 heteroatoms. The third-order valence-corrected chi connectivity index (χ3v) is 2.50. The van der Waals surface area contributed by atoms with Gasteiger partial charge in [-0.2, -0.15) is 0 Å². The molecule has 0 atom stereocenters. The van der Waals surface area contributed by atoms with E-state index < -0.39 is 0 Å². The van der Waals surface area contributed by atoms with E-state index in [-0.39, 0.29) is 29.1 Å². The smallest absolute Gasteiger partial charge is 0.256 e. The van der Waals surface area contributed by atoms with Crippen molar-refractivity contribution in [2.75, 3.05) is 0 Å². The highest BCUT2D eigenvalue weighted by molar-refractivity contribution is 6.32. The average Bonchev–Trinajstić information content (AvgIpc) is 2.72. The second-order valence-corrected chi connectivity index (χ2v) is 3.76. The number of carbonyl (C=O) groups is 1. The first-order valence-corrected chi connectivity index (χ1v) is 5.30. The van der Waals surface area contributed by atoms with Crippen LogP contribution in [-0.4, -0.2) is 5.91 Å². The molecule has 2 rings (SSSR count). The lowest BCUT2D eigenvalue weighted by atomic mass is 10.2. The quantitative estimate of drug-likeness (QED) is 0.914. The molecule has 1 amide bonds. The predicted molar refractivity (Wildman–Crippen MR) is 61.3 cm³/mol. The lowest BCUT2D eigenvalue weighted by Gasteiger charge is -2.04. The van der Waals surface area contributed by atoms with Gasteiger partial charge in [0, 0.05) is 6.54 Å². The van der Waals surface area contributed by atoms with Crippen LogP contribution in [0.15, 0.2) is 41.0 Å². The number of amides is 1. The Bertz CT molecular complexity index is 539. The highest BCUT2D eigenvalue weighted by Crippen LogP contribution is 2.16. The van der Waals surface area contributed by atoms with Gasteiger partial charge in [-0.05, 0) is 35.4 Å². The van der Waals surface area contributed by atoms with E-state index >= 15 is 0 Å². The minimum absolute atomic E-state index is 0.0433. The van der Waals surface area contributed by atoms with E-state index in [0.29, 0.717) is 5.56 Å². The molecule has 0 saturated carbocycles. The number of nitrogens with one attached hydrogen (secondary N) is 1. The topological polar surface area (TPSA) is 42.2 Å². The maximum absolute atomic E-state index is 12.9. The number of benzene rings is 1. The second-order valence-electron chi connectivity index (χ2n) is 3.42. The second kappa shape index (κ2) is 5.01. The summed E-state index contributed by atoms with van der Waals surface area (Å²) in [5, 5.41) is 2.66. The third-order valence-electron chi connectivity index (χ3n) is 2.20. The van der Waals surface area contributed by atoms with E-state index in [1.54, 1.807) is 12.1 Å². The summed E-state index contributed by atoms with van der Waals surface area (Å²) in [6, 6.07) is 7.49. The molecule has 1 aromatic heterocycles. The zero-order chi connectivity index (χ0) is 12.3. The molecule has 3 nitrogen and oxygen atoms in total. The van der Waals surface area contributed by atoms with E-state index in [1.165, 1.54) is 24.5 Å². The van der Waals surface area contributed by atoms with Crippen molar-refractivity contribution in [3.05, 3.63) is 58.8 Å². The first-order chi connectivity index (χ1) is 8.16. The molecule has 0 unspecified atom stereocenters. The Morgan fingerprint density at radius 1 is 1.41 bits per heavy atom. The SMILES string of the molecule is O=C(NCc1cccc(F)c1)c1ccoc1Cl. The van der Waals surface area contributed by atoms with Crippen molar-refractivity contribution >= 4 is 17.5 Å². The number of furan rings is 1. The van der Waals surface area contributed by atoms with Crippen LogP contribution in [0.25, 0.3) is 0 Å². The Kier molecular flexibility index (Phi) is 3.44. The monoisotopic (exact) mass is 253 g/mol. The van der Waals surface area contributed by atoms with E-state index in [1.807, 2.05) is 0 Å². The Labute approximate surface area is 102 Å². The molecule has 0 spiro atoms. The molecule has 1 N–H and O–H groups in total. The maximum atomic E-state index is 12.9. The number of carbonyl (C=O) groups excluding carboxylic acids is 1. The molecule has 0 aliphatic heterocycles. The fourth-order valence-electron chi connectivity index (χ4n) is 1.38. The van der Waals surface area contributed by atoms with Crippen LogP contribution in [0.3, 0.4) is 0 Å². The molecule has 0 fully saturated rings. The summed E-state index contributed by atoms with van der Waals surface area (Å²) in [6.45, 7) is 0.234. The number of rotatable bonds is 3. The van der Waals surface area contributed by atoms with Crippen molar-refractivity contribution in [1.82, 2.24) is 5.32 Å². The van der Waals surface area contributed by atoms with Crippen LogP contribution in [0.5, 0.6) is 0 Å². The highest BCUT2D eigenvalue weighted by atomic mass is 35.5. The molecule has 1 aromatic carbocycles. The van der Waals surface area contributed by atoms with Gasteiger partial charge in [-0.25, -0.2) is 4.39 Å². The number of hydrogen-bond acceptors (Lipinski definition) is 2. The van der Waals surface area contributed by atoms with E-state index in [4.69, 9.17) is 16.0 Å². The van der Waals surface area contributed by atoms with Gasteiger partial charge in [-0.3, -0.25) is 4.79 Å². The van der Waals surface area contributed by atoms with Gasteiger partial charge in [0.15, 0.2) is 0 Å². The number of halogens is 2. The first-order valence-electron chi connectivity index (χ1n) is 4.92. The summed E-state index contributed by atoms with van der Waals surface area (Å²) in [6.07, 6.45) is 1.33. The van der Waals surface area contributed by atoms with Gasteiger partial charge >= 0.3 is 0 Å². The Balaban J connectivity index is 1.99. The molecular weight excluding hydrogens is 245 g/mol. The van der Waals surface area contributed by atoms with Crippen LogP contribution >= 0.6 is 11.6 Å². The van der Waals surface area contributed by atoms with Gasteiger partial charge in [-0.1, -0.05) is 12.1 Å². The van der Waals surface area contributed by atoms with Crippen molar-refractivity contribution in [1.29, 1.82) is 0 Å². The van der Waals surface area contributed by atoms with E-state index in [0.717, 1.165) is 0 Å². The molecule has 1 heterocycles. The lowest BCUT2D eigenvalue weighted by molar-refractivity contribution is 0.0950. The van der Waals surface area contributed by atoms with Crippen molar-refractivity contribution in [2.45, 2.75) is 6.54 Å². The Hall–Kier alpha value is -1.81. The molecule has 88 valence electrons. The summed E-state index contributed by atoms with van der Waals surface area (Å²) in [7, 11) is 0. The standard InChI is InChI=1S/C12H9ClFNO2/c13-11-10(4-5-17-11)12(16)15-7-8-2-1-3-9(14)6-8/h1-6H,7H2,(H,15,16). The van der Waals surface area contributed by atoms with Crippen LogP contribution in [0.2, 0.25) is 5.22 Å². The molecule has 0 aliphatic carbocycles. The molecule has 0 saturated heterocycles. The van der Waals surface area contributed by atoms with Crippen LogP contribution in [0.4, 0.5) is 4.39 Å². The largest absolute Gasteiger partial charge is 0.452 e. The van der Waals surface area contributed by atoms with Gasteiger partial charge in [0.2, 0.25) is 5.22 Å². The summed E-state index contributed by atoms with van der Waals surface area (Å²) >= 11 is 5.65. The van der Waals surface area contributed by atoms with Crippen LogP contribution in [0.1, 0.15) is 15.9 Å². The summed E-state index contributed by atoms with van der Waals surface area (Å²) in [5.74, 6) is -0.689. The van der Waals surface area contributed by atoms with E-state index in [2.05, 4.69) is 5.32 Å². The normalized spacial score (nSPS) is 10.2. The molecule has 0 bridgehead atoms. The number of hydrogen-bond donors (Lipinski definition) is 1. The van der Waals surface area contributed by atoms with Crippen molar-refractivity contribution in [2.24, 2.45) is 0 Å². The Morgan fingerprint density at radius 3 is 2.88 bits per heavy atom. The zero-order valence-electron chi connectivity index (χ0n) is 8.74. The van der Waals surface area contributed by atoms with Gasteiger partial charge in [0.25, 0.3) is 5.91 Å². The van der Waals surface area contributed by atoms with Crippen molar-refractivity contribution in [3.8, 4) is 0 Å². The molecule has 17 heavy (non-hydrogen) atoms. The first kappa shape index (κ1) is 11.7. The fourth-order valence-corrected chi connectivity index (χ4v) is 1.58. The molecule has 0 aliphatic rings. The average molecular weight is 254 g/mol. The molecule has 2 aromatic rings. The minimum Gasteiger partial charge on any atom is -0.452 e. The molecule has 0 radical (unpaired) electrons. The van der Waals surface area contributed by atoms with Gasteiger partial charge < -0.3 is 9.73 Å². The van der Waals surface area contributed by atoms with Crippen LogP contribution in [-0.2, 0) is 6.54 Å². The van der Waals surface area contributed by atoms with Crippen molar-refractivity contribution in [3.63, 3.8) is 0 Å².